The van der Waals surface area contributed by atoms with Crippen molar-refractivity contribution in [3.05, 3.63) is 29.8 Å². The molecule has 1 amide bonds. The number of benzene rings is 1. The zero-order valence-electron chi connectivity index (χ0n) is 13.5. The number of alkyl carbamates (subject to hydrolysis) is 1. The van der Waals surface area contributed by atoms with Crippen LogP contribution in [-0.4, -0.2) is 30.3 Å². The average molecular weight is 308 g/mol. The topological polar surface area (TPSA) is 90.6 Å². The molecule has 0 aliphatic carbocycles. The molecule has 0 unspecified atom stereocenters. The van der Waals surface area contributed by atoms with Gasteiger partial charge in [-0.1, -0.05) is 12.1 Å². The van der Waals surface area contributed by atoms with E-state index in [2.05, 4.69) is 5.32 Å². The van der Waals surface area contributed by atoms with E-state index in [1.165, 1.54) is 0 Å². The summed E-state index contributed by atoms with van der Waals surface area (Å²) >= 11 is 0. The third-order valence-electron chi connectivity index (χ3n) is 2.65. The van der Waals surface area contributed by atoms with Crippen molar-refractivity contribution in [2.75, 3.05) is 12.3 Å². The normalized spacial score (nSPS) is 12.4. The Kier molecular flexibility index (Phi) is 6.22. The van der Waals surface area contributed by atoms with Crippen molar-refractivity contribution in [2.24, 2.45) is 0 Å². The molecular weight excluding hydrogens is 284 g/mol. The minimum atomic E-state index is -0.823. The van der Waals surface area contributed by atoms with Crippen LogP contribution < -0.4 is 11.1 Å². The first kappa shape index (κ1) is 17.8. The lowest BCUT2D eigenvalue weighted by Gasteiger charge is -2.23. The van der Waals surface area contributed by atoms with Crippen molar-refractivity contribution in [3.63, 3.8) is 0 Å². The molecule has 1 aromatic rings. The molecule has 0 spiro atoms. The lowest BCUT2D eigenvalue weighted by atomic mass is 10.1. The zero-order chi connectivity index (χ0) is 16.8. The molecule has 6 heteroatoms. The summed E-state index contributed by atoms with van der Waals surface area (Å²) in [7, 11) is 0. The van der Waals surface area contributed by atoms with Crippen LogP contribution in [0.2, 0.25) is 0 Å². The summed E-state index contributed by atoms with van der Waals surface area (Å²) in [5.41, 5.74) is 6.51. The van der Waals surface area contributed by atoms with Gasteiger partial charge in [0, 0.05) is 12.1 Å². The van der Waals surface area contributed by atoms with Gasteiger partial charge in [0.05, 0.1) is 6.61 Å². The van der Waals surface area contributed by atoms with Crippen LogP contribution in [0.15, 0.2) is 24.3 Å². The monoisotopic (exact) mass is 308 g/mol. The Bertz CT molecular complexity index is 523. The fraction of sp³-hybridized carbons (Fsp3) is 0.500. The summed E-state index contributed by atoms with van der Waals surface area (Å²) in [4.78, 5) is 23.9. The molecule has 1 rings (SSSR count). The average Bonchev–Trinajstić information content (AvgIpc) is 2.36. The van der Waals surface area contributed by atoms with Crippen LogP contribution >= 0.6 is 0 Å². The SMILES string of the molecule is CCOC(=O)[C@H](Cc1cccc(N)c1)NC(=O)OC(C)(C)C. The van der Waals surface area contributed by atoms with Crippen molar-refractivity contribution in [1.82, 2.24) is 5.32 Å². The van der Waals surface area contributed by atoms with Gasteiger partial charge in [-0.25, -0.2) is 9.59 Å². The first-order valence-corrected chi connectivity index (χ1v) is 7.22. The van der Waals surface area contributed by atoms with Gasteiger partial charge in [-0.3, -0.25) is 0 Å². The van der Waals surface area contributed by atoms with Crippen molar-refractivity contribution < 1.29 is 19.1 Å². The quantitative estimate of drug-likeness (QED) is 0.643. The molecule has 0 aliphatic heterocycles. The van der Waals surface area contributed by atoms with Crippen molar-refractivity contribution in [1.29, 1.82) is 0 Å². The van der Waals surface area contributed by atoms with Crippen molar-refractivity contribution in [3.8, 4) is 0 Å². The summed E-state index contributed by atoms with van der Waals surface area (Å²) < 4.78 is 10.2. The molecule has 6 nitrogen and oxygen atoms in total. The van der Waals surface area contributed by atoms with Crippen LogP contribution in [0.5, 0.6) is 0 Å². The van der Waals surface area contributed by atoms with E-state index in [1.54, 1.807) is 45.9 Å². The van der Waals surface area contributed by atoms with E-state index in [4.69, 9.17) is 15.2 Å². The fourth-order valence-electron chi connectivity index (χ4n) is 1.84. The summed E-state index contributed by atoms with van der Waals surface area (Å²) in [5, 5.41) is 2.55. The van der Waals surface area contributed by atoms with Gasteiger partial charge in [0.2, 0.25) is 0 Å². The smallest absolute Gasteiger partial charge is 0.408 e. The highest BCUT2D eigenvalue weighted by atomic mass is 16.6. The number of nitrogen functional groups attached to an aromatic ring is 1. The summed E-state index contributed by atoms with van der Waals surface area (Å²) in [5.74, 6) is -0.504. The lowest BCUT2D eigenvalue weighted by Crippen LogP contribution is -2.45. The van der Waals surface area contributed by atoms with Crippen molar-refractivity contribution >= 4 is 17.7 Å². The van der Waals surface area contributed by atoms with Crippen LogP contribution in [-0.2, 0) is 20.7 Å². The minimum Gasteiger partial charge on any atom is -0.464 e. The van der Waals surface area contributed by atoms with E-state index in [0.29, 0.717) is 5.69 Å². The van der Waals surface area contributed by atoms with E-state index >= 15 is 0 Å². The maximum Gasteiger partial charge on any atom is 0.408 e. The largest absolute Gasteiger partial charge is 0.464 e. The number of hydrogen-bond donors (Lipinski definition) is 2. The lowest BCUT2D eigenvalue weighted by molar-refractivity contribution is -0.145. The Hall–Kier alpha value is -2.24. The number of rotatable bonds is 5. The Morgan fingerprint density at radius 1 is 1.32 bits per heavy atom. The zero-order valence-corrected chi connectivity index (χ0v) is 13.5. The van der Waals surface area contributed by atoms with E-state index in [-0.39, 0.29) is 13.0 Å². The number of ether oxygens (including phenoxy) is 2. The van der Waals surface area contributed by atoms with Gasteiger partial charge in [0.25, 0.3) is 0 Å². The maximum atomic E-state index is 12.0. The second-order valence-corrected chi connectivity index (χ2v) is 5.90. The summed E-state index contributed by atoms with van der Waals surface area (Å²) in [6.45, 7) is 7.21. The van der Waals surface area contributed by atoms with Crippen LogP contribution in [0.1, 0.15) is 33.3 Å². The molecule has 0 aromatic heterocycles. The summed E-state index contributed by atoms with van der Waals surface area (Å²) in [6.07, 6.45) is -0.377. The number of nitrogens with one attached hydrogen (secondary N) is 1. The number of amides is 1. The second kappa shape index (κ2) is 7.68. The molecule has 0 fully saturated rings. The number of carbonyl (C=O) groups is 2. The van der Waals surface area contributed by atoms with Crippen LogP contribution in [0.25, 0.3) is 0 Å². The number of carbonyl (C=O) groups excluding carboxylic acids is 2. The first-order chi connectivity index (χ1) is 10.2. The third-order valence-corrected chi connectivity index (χ3v) is 2.65. The van der Waals surface area contributed by atoms with E-state index < -0.39 is 23.7 Å². The first-order valence-electron chi connectivity index (χ1n) is 7.22. The molecule has 22 heavy (non-hydrogen) atoms. The molecule has 1 atom stereocenters. The Labute approximate surface area is 131 Å². The molecular formula is C16H24N2O4. The van der Waals surface area contributed by atoms with Crippen LogP contribution in [0.4, 0.5) is 10.5 Å². The number of esters is 1. The number of hydrogen-bond acceptors (Lipinski definition) is 5. The van der Waals surface area contributed by atoms with E-state index in [0.717, 1.165) is 5.56 Å². The molecule has 0 bridgehead atoms. The highest BCUT2D eigenvalue weighted by Crippen LogP contribution is 2.11. The molecule has 0 saturated heterocycles. The van der Waals surface area contributed by atoms with Crippen LogP contribution in [0, 0.1) is 0 Å². The predicted molar refractivity (Wildman–Crippen MR) is 84.3 cm³/mol. The molecule has 0 heterocycles. The Morgan fingerprint density at radius 3 is 2.55 bits per heavy atom. The number of nitrogens with two attached hydrogens (primary N) is 1. The van der Waals surface area contributed by atoms with Gasteiger partial charge in [-0.05, 0) is 45.4 Å². The van der Waals surface area contributed by atoms with Gasteiger partial charge < -0.3 is 20.5 Å². The molecule has 122 valence electrons. The maximum absolute atomic E-state index is 12.0. The van der Waals surface area contributed by atoms with Crippen molar-refractivity contribution in [2.45, 2.75) is 45.8 Å². The van der Waals surface area contributed by atoms with Gasteiger partial charge in [0.15, 0.2) is 0 Å². The number of anilines is 1. The third kappa shape index (κ3) is 6.47. The minimum absolute atomic E-state index is 0.238. The molecule has 0 aliphatic rings. The van der Waals surface area contributed by atoms with Gasteiger partial charge >= 0.3 is 12.1 Å². The van der Waals surface area contributed by atoms with Gasteiger partial charge in [-0.15, -0.1) is 0 Å². The highest BCUT2D eigenvalue weighted by Gasteiger charge is 2.25. The highest BCUT2D eigenvalue weighted by molar-refractivity contribution is 5.81. The Balaban J connectivity index is 2.80. The molecule has 1 aromatic carbocycles. The van der Waals surface area contributed by atoms with Crippen LogP contribution in [0.3, 0.4) is 0 Å². The second-order valence-electron chi connectivity index (χ2n) is 5.90. The van der Waals surface area contributed by atoms with E-state index in [9.17, 15) is 9.59 Å². The molecule has 0 saturated carbocycles. The van der Waals surface area contributed by atoms with Gasteiger partial charge in [-0.2, -0.15) is 0 Å². The summed E-state index contributed by atoms with van der Waals surface area (Å²) in [6, 6.07) is 6.31. The molecule has 0 radical (unpaired) electrons. The molecule has 3 N–H and O–H groups in total. The van der Waals surface area contributed by atoms with E-state index in [1.807, 2.05) is 6.07 Å². The fourth-order valence-corrected chi connectivity index (χ4v) is 1.84. The predicted octanol–water partition coefficient (Wildman–Crippen LogP) is 2.27. The Morgan fingerprint density at radius 2 is 2.00 bits per heavy atom. The van der Waals surface area contributed by atoms with Gasteiger partial charge in [0.1, 0.15) is 11.6 Å². The standard InChI is InChI=1S/C16H24N2O4/c1-5-21-14(19)13(18-15(20)22-16(2,3)4)10-11-7-6-8-12(17)9-11/h6-9,13H,5,10,17H2,1-4H3,(H,18,20)/t13-/m0/s1.